The number of esters is 1. The number of nitrogens with one attached hydrogen (secondary N) is 4. The van der Waals surface area contributed by atoms with Crippen LogP contribution < -0.4 is 16.0 Å². The van der Waals surface area contributed by atoms with Gasteiger partial charge < -0.3 is 25.7 Å². The molecule has 0 radical (unpaired) electrons. The quantitative estimate of drug-likeness (QED) is 0.210. The number of anilines is 1. The number of H-pyrrole nitrogens is 1. The van der Waals surface area contributed by atoms with Crippen LogP contribution in [-0.4, -0.2) is 66.6 Å². The van der Waals surface area contributed by atoms with Gasteiger partial charge in [0.05, 0.1) is 24.6 Å². The van der Waals surface area contributed by atoms with Gasteiger partial charge in [-0.2, -0.15) is 13.2 Å². The molecule has 2 aromatic heterocycles. The third-order valence-corrected chi connectivity index (χ3v) is 6.71. The van der Waals surface area contributed by atoms with Crippen molar-refractivity contribution in [3.63, 3.8) is 0 Å². The standard InChI is InChI=1S/C29H33F3N6O3/c1-4-22(11-18(2)15-34-23-12-21-14-25(28(40)41-3)37-26(21)35-16-23)36-27(39)19-5-6-20(24(13-19)29(30,31)32)17-38-9-7-33-8-10-38/h5-6,11-14,16,33-34H,2,4,7-10,15,17H2,1,3H3,(H,35,37)(H,36,39)/b22-11+. The van der Waals surface area contributed by atoms with E-state index in [1.165, 1.54) is 19.2 Å². The molecule has 3 aromatic rings. The molecule has 3 heterocycles. The number of carbonyl (C=O) groups excluding carboxylic acids is 2. The number of halogens is 3. The number of amides is 1. The van der Waals surface area contributed by atoms with E-state index < -0.39 is 23.6 Å². The third-order valence-electron chi connectivity index (χ3n) is 6.71. The van der Waals surface area contributed by atoms with E-state index in [9.17, 15) is 22.8 Å². The van der Waals surface area contributed by atoms with Gasteiger partial charge in [-0.25, -0.2) is 9.78 Å². The summed E-state index contributed by atoms with van der Waals surface area (Å²) in [6.07, 6.45) is -0.858. The van der Waals surface area contributed by atoms with Gasteiger partial charge in [0.2, 0.25) is 0 Å². The fraction of sp³-hybridized carbons (Fsp3) is 0.345. The summed E-state index contributed by atoms with van der Waals surface area (Å²) in [5, 5.41) is 9.81. The lowest BCUT2D eigenvalue weighted by atomic mass is 10.0. The maximum atomic E-state index is 13.9. The van der Waals surface area contributed by atoms with Crippen LogP contribution in [0.3, 0.4) is 0 Å². The minimum atomic E-state index is -4.58. The Hall–Kier alpha value is -4.16. The Morgan fingerprint density at radius 3 is 2.63 bits per heavy atom. The predicted octanol–water partition coefficient (Wildman–Crippen LogP) is 4.47. The highest BCUT2D eigenvalue weighted by atomic mass is 19.4. The molecule has 1 amide bonds. The Kier molecular flexibility index (Phi) is 9.46. The van der Waals surface area contributed by atoms with Crippen molar-refractivity contribution in [1.82, 2.24) is 25.5 Å². The number of aromatic nitrogens is 2. The molecule has 0 saturated carbocycles. The highest BCUT2D eigenvalue weighted by Crippen LogP contribution is 2.33. The average molecular weight is 571 g/mol. The van der Waals surface area contributed by atoms with Gasteiger partial charge in [-0.05, 0) is 47.9 Å². The molecule has 0 unspecified atom stereocenters. The molecule has 41 heavy (non-hydrogen) atoms. The van der Waals surface area contributed by atoms with Crippen LogP contribution >= 0.6 is 0 Å². The molecule has 0 spiro atoms. The van der Waals surface area contributed by atoms with Gasteiger partial charge in [-0.15, -0.1) is 0 Å². The van der Waals surface area contributed by atoms with Gasteiger partial charge in [0, 0.05) is 55.9 Å². The Bertz CT molecular complexity index is 1460. The summed E-state index contributed by atoms with van der Waals surface area (Å²) in [5.74, 6) is -1.12. The highest BCUT2D eigenvalue weighted by molar-refractivity contribution is 5.96. The van der Waals surface area contributed by atoms with Gasteiger partial charge in [0.1, 0.15) is 11.3 Å². The molecular formula is C29H33F3N6O3. The monoisotopic (exact) mass is 570 g/mol. The van der Waals surface area contributed by atoms with E-state index in [1.54, 1.807) is 18.3 Å². The maximum Gasteiger partial charge on any atom is 0.416 e. The van der Waals surface area contributed by atoms with Gasteiger partial charge in [-0.1, -0.05) is 19.6 Å². The molecule has 12 heteroatoms. The number of nitrogens with zero attached hydrogens (tertiary/aromatic N) is 2. The zero-order valence-corrected chi connectivity index (χ0v) is 23.0. The Morgan fingerprint density at radius 1 is 1.20 bits per heavy atom. The number of pyridine rings is 1. The molecule has 1 aliphatic heterocycles. The van der Waals surface area contributed by atoms with Crippen molar-refractivity contribution in [3.05, 3.63) is 82.8 Å². The van der Waals surface area contributed by atoms with Crippen molar-refractivity contribution < 1.29 is 27.5 Å². The van der Waals surface area contributed by atoms with Crippen molar-refractivity contribution in [2.45, 2.75) is 26.1 Å². The summed E-state index contributed by atoms with van der Waals surface area (Å²) in [5.41, 5.74) is 1.94. The first-order valence-corrected chi connectivity index (χ1v) is 13.2. The number of rotatable bonds is 10. The number of hydrogen-bond donors (Lipinski definition) is 4. The lowest BCUT2D eigenvalue weighted by Gasteiger charge is -2.28. The molecular weight excluding hydrogens is 537 g/mol. The Balaban J connectivity index is 1.40. The van der Waals surface area contributed by atoms with Gasteiger partial charge in [-0.3, -0.25) is 9.69 Å². The molecule has 1 saturated heterocycles. The molecule has 1 aromatic carbocycles. The van der Waals surface area contributed by atoms with Crippen molar-refractivity contribution in [2.24, 2.45) is 0 Å². The fourth-order valence-corrected chi connectivity index (χ4v) is 4.52. The topological polar surface area (TPSA) is 111 Å². The highest BCUT2D eigenvalue weighted by Gasteiger charge is 2.34. The van der Waals surface area contributed by atoms with E-state index in [0.29, 0.717) is 54.4 Å². The van der Waals surface area contributed by atoms with Gasteiger partial charge >= 0.3 is 12.1 Å². The second kappa shape index (κ2) is 13.0. The van der Waals surface area contributed by atoms with E-state index >= 15 is 0 Å². The summed E-state index contributed by atoms with van der Waals surface area (Å²) in [6.45, 7) is 9.11. The number of piperazine rings is 1. The first-order chi connectivity index (χ1) is 19.6. The minimum Gasteiger partial charge on any atom is -0.464 e. The van der Waals surface area contributed by atoms with E-state index in [4.69, 9.17) is 4.74 Å². The van der Waals surface area contributed by atoms with Crippen molar-refractivity contribution >= 4 is 28.6 Å². The lowest BCUT2D eigenvalue weighted by Crippen LogP contribution is -2.43. The first kappa shape index (κ1) is 29.8. The molecule has 9 nitrogen and oxygen atoms in total. The molecule has 1 fully saturated rings. The normalized spacial score (nSPS) is 14.6. The number of allylic oxidation sites excluding steroid dienone is 1. The molecule has 0 atom stereocenters. The SMILES string of the molecule is C=C(/C=C(\CC)NC(=O)c1ccc(CN2CCNCC2)c(C(F)(F)F)c1)CNc1cnc2[nH]c(C(=O)OC)cc2c1. The largest absolute Gasteiger partial charge is 0.464 e. The molecule has 1 aliphatic rings. The van der Waals surface area contributed by atoms with Crippen LogP contribution in [0.5, 0.6) is 0 Å². The second-order valence-electron chi connectivity index (χ2n) is 9.72. The van der Waals surface area contributed by atoms with E-state index in [1.807, 2.05) is 17.9 Å². The zero-order valence-electron chi connectivity index (χ0n) is 23.0. The van der Waals surface area contributed by atoms with E-state index in [2.05, 4.69) is 32.5 Å². The number of carbonyl (C=O) groups is 2. The summed E-state index contributed by atoms with van der Waals surface area (Å²) in [7, 11) is 1.30. The van der Waals surface area contributed by atoms with Crippen LogP contribution in [0.2, 0.25) is 0 Å². The average Bonchev–Trinajstić information content (AvgIpc) is 3.39. The number of ether oxygens (including phenoxy) is 1. The maximum absolute atomic E-state index is 13.9. The number of aromatic amines is 1. The minimum absolute atomic E-state index is 0.0679. The van der Waals surface area contributed by atoms with Crippen molar-refractivity contribution in [3.8, 4) is 0 Å². The Morgan fingerprint density at radius 2 is 1.95 bits per heavy atom. The lowest BCUT2D eigenvalue weighted by molar-refractivity contribution is -0.138. The fourth-order valence-electron chi connectivity index (χ4n) is 4.52. The van der Waals surface area contributed by atoms with E-state index in [0.717, 1.165) is 24.5 Å². The summed E-state index contributed by atoms with van der Waals surface area (Å²) < 4.78 is 46.4. The smallest absolute Gasteiger partial charge is 0.416 e. The first-order valence-electron chi connectivity index (χ1n) is 13.2. The Labute approximate surface area is 235 Å². The van der Waals surface area contributed by atoms with Crippen LogP contribution in [-0.2, 0) is 17.5 Å². The number of fused-ring (bicyclic) bond motifs is 1. The number of hydrogen-bond acceptors (Lipinski definition) is 7. The van der Waals surface area contributed by atoms with Gasteiger partial charge in [0.15, 0.2) is 0 Å². The number of methoxy groups -OCH3 is 1. The molecule has 0 bridgehead atoms. The number of benzene rings is 1. The van der Waals surface area contributed by atoms with Crippen LogP contribution in [0.25, 0.3) is 11.0 Å². The zero-order chi connectivity index (χ0) is 29.6. The van der Waals surface area contributed by atoms with E-state index in [-0.39, 0.29) is 17.7 Å². The molecule has 4 rings (SSSR count). The summed E-state index contributed by atoms with van der Waals surface area (Å²) in [4.78, 5) is 33.8. The summed E-state index contributed by atoms with van der Waals surface area (Å²) >= 11 is 0. The predicted molar refractivity (Wildman–Crippen MR) is 150 cm³/mol. The van der Waals surface area contributed by atoms with Gasteiger partial charge in [0.25, 0.3) is 5.91 Å². The van der Waals surface area contributed by atoms with Crippen LogP contribution in [0.15, 0.2) is 60.5 Å². The van der Waals surface area contributed by atoms with Crippen LogP contribution in [0.4, 0.5) is 18.9 Å². The second-order valence-corrected chi connectivity index (χ2v) is 9.72. The number of alkyl halides is 3. The van der Waals surface area contributed by atoms with Crippen molar-refractivity contribution in [2.75, 3.05) is 45.2 Å². The van der Waals surface area contributed by atoms with Crippen LogP contribution in [0, 0.1) is 0 Å². The third kappa shape index (κ3) is 7.74. The molecule has 0 aliphatic carbocycles. The van der Waals surface area contributed by atoms with Crippen molar-refractivity contribution in [1.29, 1.82) is 0 Å². The van der Waals surface area contributed by atoms with Crippen LogP contribution in [0.1, 0.15) is 45.3 Å². The molecule has 218 valence electrons. The summed E-state index contributed by atoms with van der Waals surface area (Å²) in [6, 6.07) is 7.20. The molecule has 4 N–H and O–H groups in total.